The van der Waals surface area contributed by atoms with Gasteiger partial charge in [-0.1, -0.05) is 0 Å². The van der Waals surface area contributed by atoms with Gasteiger partial charge in [-0.25, -0.2) is 0 Å². The number of hydrogen-bond donors (Lipinski definition) is 1. The Hall–Kier alpha value is -1.95. The van der Waals surface area contributed by atoms with Gasteiger partial charge >= 0.3 is 0 Å². The van der Waals surface area contributed by atoms with E-state index in [1.807, 2.05) is 35.7 Å². The van der Waals surface area contributed by atoms with E-state index >= 15 is 0 Å². The van der Waals surface area contributed by atoms with Crippen LogP contribution in [-0.4, -0.2) is 33.8 Å². The zero-order chi connectivity index (χ0) is 15.7. The predicted molar refractivity (Wildman–Crippen MR) is 86.3 cm³/mol. The van der Waals surface area contributed by atoms with Gasteiger partial charge in [0.05, 0.1) is 6.04 Å². The summed E-state index contributed by atoms with van der Waals surface area (Å²) < 4.78 is 5.71. The summed E-state index contributed by atoms with van der Waals surface area (Å²) in [5, 5.41) is 0. The maximum atomic E-state index is 12.8. The fourth-order valence-corrected chi connectivity index (χ4v) is 3.75. The molecule has 6 heteroatoms. The number of aromatic nitrogens is 1. The maximum Gasteiger partial charge on any atom is 0.254 e. The number of carbonyl (C=O) groups is 1. The summed E-state index contributed by atoms with van der Waals surface area (Å²) in [5.74, 6) is 3.23. The van der Waals surface area contributed by atoms with Crippen molar-refractivity contribution in [1.29, 1.82) is 0 Å². The van der Waals surface area contributed by atoms with Crippen LogP contribution in [0, 0.1) is 13.8 Å². The standard InChI is InChI=1S/C16H18N2O3S/c1-10-7-12(8-15(19)17-10)16(20)18-5-6-22-9-13(18)14-4-3-11(2)21-14/h3-4,7-8,13H,5-6,9H2,1-2H3,(H,17,19). The number of nitrogens with zero attached hydrogens (tertiary/aromatic N) is 1. The predicted octanol–water partition coefficient (Wildman–Crippen LogP) is 2.52. The molecule has 1 saturated heterocycles. The van der Waals surface area contributed by atoms with Crippen molar-refractivity contribution in [2.45, 2.75) is 19.9 Å². The molecule has 3 heterocycles. The van der Waals surface area contributed by atoms with Crippen molar-refractivity contribution in [3.05, 3.63) is 57.4 Å². The van der Waals surface area contributed by atoms with E-state index in [9.17, 15) is 9.59 Å². The van der Waals surface area contributed by atoms with Crippen LogP contribution >= 0.6 is 11.8 Å². The molecule has 5 nitrogen and oxygen atoms in total. The van der Waals surface area contributed by atoms with Gasteiger partial charge in [-0.15, -0.1) is 0 Å². The average molecular weight is 318 g/mol. The van der Waals surface area contributed by atoms with Crippen molar-refractivity contribution in [3.8, 4) is 0 Å². The van der Waals surface area contributed by atoms with Gasteiger partial charge in [0.25, 0.3) is 5.91 Å². The van der Waals surface area contributed by atoms with Crippen LogP contribution < -0.4 is 5.56 Å². The highest BCUT2D eigenvalue weighted by Crippen LogP contribution is 2.31. The largest absolute Gasteiger partial charge is 0.464 e. The minimum Gasteiger partial charge on any atom is -0.464 e. The highest BCUT2D eigenvalue weighted by atomic mass is 32.2. The number of amides is 1. The summed E-state index contributed by atoms with van der Waals surface area (Å²) in [6, 6.07) is 6.83. The smallest absolute Gasteiger partial charge is 0.254 e. The quantitative estimate of drug-likeness (QED) is 0.924. The van der Waals surface area contributed by atoms with E-state index in [0.717, 1.165) is 23.0 Å². The van der Waals surface area contributed by atoms with E-state index in [2.05, 4.69) is 4.98 Å². The molecule has 3 rings (SSSR count). The van der Waals surface area contributed by atoms with E-state index < -0.39 is 0 Å². The van der Waals surface area contributed by atoms with Crippen LogP contribution in [0.4, 0.5) is 0 Å². The Kier molecular flexibility index (Phi) is 4.11. The molecule has 2 aromatic heterocycles. The molecule has 0 saturated carbocycles. The Morgan fingerprint density at radius 3 is 2.86 bits per heavy atom. The lowest BCUT2D eigenvalue weighted by molar-refractivity contribution is 0.0681. The van der Waals surface area contributed by atoms with E-state index in [4.69, 9.17) is 4.42 Å². The van der Waals surface area contributed by atoms with Gasteiger partial charge in [0.2, 0.25) is 5.56 Å². The molecule has 22 heavy (non-hydrogen) atoms. The van der Waals surface area contributed by atoms with Gasteiger partial charge in [0, 0.05) is 35.4 Å². The summed E-state index contributed by atoms with van der Waals surface area (Å²) >= 11 is 1.81. The molecule has 0 aromatic carbocycles. The Morgan fingerprint density at radius 2 is 2.18 bits per heavy atom. The highest BCUT2D eigenvalue weighted by Gasteiger charge is 2.31. The monoisotopic (exact) mass is 318 g/mol. The number of hydrogen-bond acceptors (Lipinski definition) is 4. The third-order valence-electron chi connectivity index (χ3n) is 3.70. The molecular formula is C16H18N2O3S. The van der Waals surface area contributed by atoms with Crippen molar-refractivity contribution in [1.82, 2.24) is 9.88 Å². The Bertz CT molecular complexity index is 750. The van der Waals surface area contributed by atoms with Gasteiger partial charge in [-0.3, -0.25) is 9.59 Å². The molecule has 1 N–H and O–H groups in total. The van der Waals surface area contributed by atoms with E-state index in [-0.39, 0.29) is 17.5 Å². The summed E-state index contributed by atoms with van der Waals surface area (Å²) in [7, 11) is 0. The third kappa shape index (κ3) is 2.97. The number of aryl methyl sites for hydroxylation is 2. The van der Waals surface area contributed by atoms with E-state index in [1.165, 1.54) is 6.07 Å². The number of aromatic amines is 1. The molecule has 0 bridgehead atoms. The fourth-order valence-electron chi connectivity index (χ4n) is 2.69. The number of nitrogens with one attached hydrogen (secondary N) is 1. The van der Waals surface area contributed by atoms with Crippen molar-refractivity contribution in [2.24, 2.45) is 0 Å². The van der Waals surface area contributed by atoms with Crippen molar-refractivity contribution in [2.75, 3.05) is 18.1 Å². The lowest BCUT2D eigenvalue weighted by atomic mass is 10.1. The molecule has 0 aliphatic carbocycles. The topological polar surface area (TPSA) is 66.3 Å². The zero-order valence-corrected chi connectivity index (χ0v) is 13.4. The SMILES string of the molecule is Cc1cc(C(=O)N2CCSCC2c2ccc(C)o2)cc(=O)[nH]1. The minimum atomic E-state index is -0.250. The van der Waals surface area contributed by atoms with Crippen molar-refractivity contribution >= 4 is 17.7 Å². The van der Waals surface area contributed by atoms with Crippen LogP contribution in [0.2, 0.25) is 0 Å². The van der Waals surface area contributed by atoms with Crippen LogP contribution in [0.5, 0.6) is 0 Å². The second-order valence-corrected chi connectivity index (χ2v) is 6.60. The van der Waals surface area contributed by atoms with E-state index in [0.29, 0.717) is 17.8 Å². The summed E-state index contributed by atoms with van der Waals surface area (Å²) in [4.78, 5) is 28.9. The summed E-state index contributed by atoms with van der Waals surface area (Å²) in [6.07, 6.45) is 0. The first-order chi connectivity index (χ1) is 10.5. The molecule has 0 radical (unpaired) electrons. The summed E-state index contributed by atoms with van der Waals surface area (Å²) in [6.45, 7) is 4.32. The molecule has 1 amide bonds. The van der Waals surface area contributed by atoms with Crippen LogP contribution in [0.25, 0.3) is 0 Å². The van der Waals surface area contributed by atoms with Crippen LogP contribution in [0.15, 0.2) is 33.5 Å². The summed E-state index contributed by atoms with van der Waals surface area (Å²) in [5.41, 5.74) is 0.870. The number of pyridine rings is 1. The molecule has 1 aliphatic rings. The second-order valence-electron chi connectivity index (χ2n) is 5.45. The normalized spacial score (nSPS) is 18.5. The number of carbonyl (C=O) groups excluding carboxylic acids is 1. The Morgan fingerprint density at radius 1 is 1.36 bits per heavy atom. The van der Waals surface area contributed by atoms with Gasteiger partial charge in [-0.05, 0) is 32.0 Å². The molecule has 2 aromatic rings. The molecule has 1 atom stereocenters. The number of rotatable bonds is 2. The van der Waals surface area contributed by atoms with E-state index in [1.54, 1.807) is 13.0 Å². The Labute approximate surface area is 132 Å². The molecule has 1 fully saturated rings. The Balaban J connectivity index is 1.93. The first-order valence-corrected chi connectivity index (χ1v) is 8.36. The van der Waals surface area contributed by atoms with Gasteiger partial charge in [0.15, 0.2) is 0 Å². The molecule has 1 aliphatic heterocycles. The first-order valence-electron chi connectivity index (χ1n) is 7.20. The third-order valence-corrected chi connectivity index (χ3v) is 4.73. The number of H-pyrrole nitrogens is 1. The molecule has 0 spiro atoms. The van der Waals surface area contributed by atoms with Crippen LogP contribution in [0.1, 0.15) is 33.6 Å². The second kappa shape index (κ2) is 6.04. The highest BCUT2D eigenvalue weighted by molar-refractivity contribution is 7.99. The van der Waals surface area contributed by atoms with Gasteiger partial charge in [0.1, 0.15) is 11.5 Å². The van der Waals surface area contributed by atoms with Crippen LogP contribution in [0.3, 0.4) is 0 Å². The number of thioether (sulfide) groups is 1. The maximum absolute atomic E-state index is 12.8. The lowest BCUT2D eigenvalue weighted by Crippen LogP contribution is -2.41. The molecule has 1 unspecified atom stereocenters. The first kappa shape index (κ1) is 15.0. The lowest BCUT2D eigenvalue weighted by Gasteiger charge is -2.34. The van der Waals surface area contributed by atoms with Crippen molar-refractivity contribution in [3.63, 3.8) is 0 Å². The fraction of sp³-hybridized carbons (Fsp3) is 0.375. The molecular weight excluding hydrogens is 300 g/mol. The van der Waals surface area contributed by atoms with Gasteiger partial charge in [-0.2, -0.15) is 11.8 Å². The number of furan rings is 1. The average Bonchev–Trinajstić information content (AvgIpc) is 2.92. The van der Waals surface area contributed by atoms with Crippen molar-refractivity contribution < 1.29 is 9.21 Å². The van der Waals surface area contributed by atoms with Gasteiger partial charge < -0.3 is 14.3 Å². The van der Waals surface area contributed by atoms with Crippen LogP contribution in [-0.2, 0) is 0 Å². The molecule has 116 valence electrons. The zero-order valence-electron chi connectivity index (χ0n) is 12.6. The minimum absolute atomic E-state index is 0.0838.